The zero-order chi connectivity index (χ0) is 24.5. The number of alkyl carbamates (subject to hydrolysis) is 1. The third-order valence-corrected chi connectivity index (χ3v) is 4.53. The number of nitrogens with zero attached hydrogens (tertiary/aromatic N) is 1. The molecule has 10 heteroatoms. The molecule has 2 unspecified atom stereocenters. The largest absolute Gasteiger partial charge is 0.508 e. The molecule has 10 nitrogen and oxygen atoms in total. The van der Waals surface area contributed by atoms with E-state index in [-0.39, 0.29) is 11.3 Å². The first kappa shape index (κ1) is 26.7. The number of nitrogens with one attached hydrogen (secondary N) is 2. The number of hydrogen-bond acceptors (Lipinski definition) is 7. The van der Waals surface area contributed by atoms with Gasteiger partial charge in [-0.15, -0.1) is 0 Å². The molecule has 0 fully saturated rings. The number of hydrogen-bond donors (Lipinski definition) is 3. The van der Waals surface area contributed by atoms with Gasteiger partial charge in [0.25, 0.3) is 0 Å². The minimum absolute atomic E-state index is 0.181. The number of esters is 1. The van der Waals surface area contributed by atoms with Crippen molar-refractivity contribution in [3.05, 3.63) is 29.8 Å². The lowest BCUT2D eigenvalue weighted by Crippen LogP contribution is -2.51. The standard InChI is InChI=1S/C22H33N3O7/c1-7-14(2)25(17(27)12-24-21(30)32-22(3,4)5)19(15-10-8-9-11-16(15)26)20(29)23-13-18(28)31-6/h8-11,14,19,26H,7,12-13H2,1-6H3,(H,23,29)(H,24,30). The van der Waals surface area contributed by atoms with Crippen LogP contribution in [-0.4, -0.2) is 65.7 Å². The molecule has 1 rings (SSSR count). The molecule has 1 aromatic rings. The van der Waals surface area contributed by atoms with Crippen LogP contribution in [0.2, 0.25) is 0 Å². The molecule has 1 aromatic carbocycles. The van der Waals surface area contributed by atoms with Crippen molar-refractivity contribution in [2.75, 3.05) is 20.2 Å². The van der Waals surface area contributed by atoms with E-state index in [0.717, 1.165) is 0 Å². The molecule has 0 spiro atoms. The van der Waals surface area contributed by atoms with Crippen LogP contribution in [0.25, 0.3) is 0 Å². The second-order valence-corrected chi connectivity index (χ2v) is 8.17. The van der Waals surface area contributed by atoms with Crippen molar-refractivity contribution >= 4 is 23.9 Å². The molecule has 32 heavy (non-hydrogen) atoms. The number of methoxy groups -OCH3 is 1. The van der Waals surface area contributed by atoms with Crippen LogP contribution in [-0.2, 0) is 23.9 Å². The Morgan fingerprint density at radius 1 is 1.09 bits per heavy atom. The Morgan fingerprint density at radius 3 is 2.25 bits per heavy atom. The van der Waals surface area contributed by atoms with Gasteiger partial charge in [-0.05, 0) is 40.2 Å². The Balaban J connectivity index is 3.24. The predicted octanol–water partition coefficient (Wildman–Crippen LogP) is 1.87. The summed E-state index contributed by atoms with van der Waals surface area (Å²) >= 11 is 0. The van der Waals surface area contributed by atoms with Gasteiger partial charge in [-0.1, -0.05) is 25.1 Å². The summed E-state index contributed by atoms with van der Waals surface area (Å²) < 4.78 is 9.70. The molecule has 0 radical (unpaired) electrons. The predicted molar refractivity (Wildman–Crippen MR) is 117 cm³/mol. The van der Waals surface area contributed by atoms with Crippen LogP contribution in [0, 0.1) is 0 Å². The maximum absolute atomic E-state index is 13.1. The lowest BCUT2D eigenvalue weighted by Gasteiger charge is -2.36. The van der Waals surface area contributed by atoms with Crippen LogP contribution in [0.3, 0.4) is 0 Å². The molecular formula is C22H33N3O7. The van der Waals surface area contributed by atoms with Gasteiger partial charge in [0.1, 0.15) is 30.5 Å². The first-order valence-electron chi connectivity index (χ1n) is 10.3. The number of phenols is 1. The van der Waals surface area contributed by atoms with E-state index >= 15 is 0 Å². The Labute approximate surface area is 188 Å². The molecule has 3 amide bonds. The highest BCUT2D eigenvalue weighted by Crippen LogP contribution is 2.31. The summed E-state index contributed by atoms with van der Waals surface area (Å²) in [6, 6.07) is 4.44. The Hall–Kier alpha value is -3.30. The fraction of sp³-hybridized carbons (Fsp3) is 0.545. The van der Waals surface area contributed by atoms with Gasteiger partial charge in [0, 0.05) is 11.6 Å². The van der Waals surface area contributed by atoms with E-state index in [4.69, 9.17) is 4.74 Å². The van der Waals surface area contributed by atoms with E-state index in [1.165, 1.54) is 24.1 Å². The van der Waals surface area contributed by atoms with E-state index < -0.39 is 54.7 Å². The maximum Gasteiger partial charge on any atom is 0.408 e. The first-order chi connectivity index (χ1) is 14.9. The minimum atomic E-state index is -1.25. The first-order valence-corrected chi connectivity index (χ1v) is 10.3. The normalized spacial score (nSPS) is 12.8. The van der Waals surface area contributed by atoms with Crippen LogP contribution in [0.15, 0.2) is 24.3 Å². The van der Waals surface area contributed by atoms with Gasteiger partial charge in [0.2, 0.25) is 11.8 Å². The van der Waals surface area contributed by atoms with Gasteiger partial charge >= 0.3 is 12.1 Å². The number of amides is 3. The van der Waals surface area contributed by atoms with E-state index in [0.29, 0.717) is 6.42 Å². The lowest BCUT2D eigenvalue weighted by molar-refractivity contribution is -0.145. The topological polar surface area (TPSA) is 134 Å². The number of carbonyl (C=O) groups is 4. The van der Waals surface area contributed by atoms with Crippen molar-refractivity contribution in [2.24, 2.45) is 0 Å². The van der Waals surface area contributed by atoms with E-state index in [9.17, 15) is 24.3 Å². The SMILES string of the molecule is CCC(C)N(C(=O)CNC(=O)OC(C)(C)C)C(C(=O)NCC(=O)OC)c1ccccc1O. The van der Waals surface area contributed by atoms with Crippen molar-refractivity contribution in [1.29, 1.82) is 0 Å². The fourth-order valence-corrected chi connectivity index (χ4v) is 2.86. The van der Waals surface area contributed by atoms with Crippen LogP contribution in [0.1, 0.15) is 52.6 Å². The fourth-order valence-electron chi connectivity index (χ4n) is 2.86. The average molecular weight is 452 g/mol. The monoisotopic (exact) mass is 451 g/mol. The van der Waals surface area contributed by atoms with Crippen molar-refractivity contribution in [1.82, 2.24) is 15.5 Å². The molecule has 0 saturated carbocycles. The second-order valence-electron chi connectivity index (χ2n) is 8.17. The Kier molecular flexibility index (Phi) is 9.96. The molecule has 0 aliphatic heterocycles. The van der Waals surface area contributed by atoms with E-state index in [2.05, 4.69) is 15.4 Å². The third-order valence-electron chi connectivity index (χ3n) is 4.53. The molecule has 3 N–H and O–H groups in total. The number of carbonyl (C=O) groups excluding carboxylic acids is 4. The van der Waals surface area contributed by atoms with Gasteiger partial charge < -0.3 is 30.1 Å². The maximum atomic E-state index is 13.1. The molecular weight excluding hydrogens is 418 g/mol. The van der Waals surface area contributed by atoms with Crippen molar-refractivity contribution in [2.45, 2.75) is 58.7 Å². The summed E-state index contributed by atoms with van der Waals surface area (Å²) in [5, 5.41) is 15.2. The number of benzene rings is 1. The summed E-state index contributed by atoms with van der Waals surface area (Å²) in [7, 11) is 1.19. The zero-order valence-corrected chi connectivity index (χ0v) is 19.4. The van der Waals surface area contributed by atoms with E-state index in [1.807, 2.05) is 6.92 Å². The van der Waals surface area contributed by atoms with E-state index in [1.54, 1.807) is 39.8 Å². The summed E-state index contributed by atoms with van der Waals surface area (Å²) in [4.78, 5) is 51.0. The average Bonchev–Trinajstić information content (AvgIpc) is 2.72. The summed E-state index contributed by atoms with van der Waals surface area (Å²) in [5.41, 5.74) is -0.559. The highest BCUT2D eigenvalue weighted by atomic mass is 16.6. The number of ether oxygens (including phenoxy) is 2. The second kappa shape index (κ2) is 11.9. The van der Waals surface area contributed by atoms with Gasteiger partial charge in [0.15, 0.2) is 0 Å². The highest BCUT2D eigenvalue weighted by Gasteiger charge is 2.36. The zero-order valence-electron chi connectivity index (χ0n) is 19.4. The molecule has 0 saturated heterocycles. The van der Waals surface area contributed by atoms with Crippen LogP contribution >= 0.6 is 0 Å². The van der Waals surface area contributed by atoms with Crippen LogP contribution < -0.4 is 10.6 Å². The van der Waals surface area contributed by atoms with Gasteiger partial charge in [-0.2, -0.15) is 0 Å². The Bertz CT molecular complexity index is 820. The third kappa shape index (κ3) is 8.09. The number of phenolic OH excluding ortho intramolecular Hbond substituents is 1. The van der Waals surface area contributed by atoms with Crippen LogP contribution in [0.4, 0.5) is 4.79 Å². The number of aromatic hydroxyl groups is 1. The quantitative estimate of drug-likeness (QED) is 0.488. The molecule has 0 aliphatic rings. The van der Waals surface area contributed by atoms with Crippen molar-refractivity contribution in [3.8, 4) is 5.75 Å². The summed E-state index contributed by atoms with van der Waals surface area (Å²) in [6.07, 6.45) is -0.281. The molecule has 0 aliphatic carbocycles. The van der Waals surface area contributed by atoms with Gasteiger partial charge in [-0.25, -0.2) is 4.79 Å². The van der Waals surface area contributed by atoms with Gasteiger partial charge in [-0.3, -0.25) is 14.4 Å². The molecule has 2 atom stereocenters. The summed E-state index contributed by atoms with van der Waals surface area (Å²) in [6.45, 7) is 7.83. The van der Waals surface area contributed by atoms with Crippen LogP contribution in [0.5, 0.6) is 5.75 Å². The number of rotatable bonds is 9. The van der Waals surface area contributed by atoms with Crippen molar-refractivity contribution < 1.29 is 33.8 Å². The molecule has 0 heterocycles. The smallest absolute Gasteiger partial charge is 0.408 e. The molecule has 0 aromatic heterocycles. The summed E-state index contributed by atoms with van der Waals surface area (Å²) in [5.74, 6) is -2.09. The van der Waals surface area contributed by atoms with Gasteiger partial charge in [0.05, 0.1) is 7.11 Å². The molecule has 0 bridgehead atoms. The van der Waals surface area contributed by atoms with Crippen molar-refractivity contribution in [3.63, 3.8) is 0 Å². The minimum Gasteiger partial charge on any atom is -0.508 e. The number of para-hydroxylation sites is 1. The Morgan fingerprint density at radius 2 is 1.72 bits per heavy atom. The molecule has 178 valence electrons. The lowest BCUT2D eigenvalue weighted by atomic mass is 10.00. The highest BCUT2D eigenvalue weighted by molar-refractivity contribution is 5.92.